The van der Waals surface area contributed by atoms with Crippen molar-refractivity contribution in [1.29, 1.82) is 0 Å². The molecule has 1 unspecified atom stereocenters. The molecule has 0 saturated carbocycles. The smallest absolute Gasteiger partial charge is 0.282 e. The van der Waals surface area contributed by atoms with Gasteiger partial charge in [-0.1, -0.05) is 0 Å². The Morgan fingerprint density at radius 3 is 3.00 bits per heavy atom. The molecule has 1 rings (SSSR count). The number of nitrogens with zero attached hydrogens (tertiary/aromatic N) is 2. The molecule has 1 heterocycles. The molecular formula is C8H13BrN4O. The van der Waals surface area contributed by atoms with E-state index in [-0.39, 0.29) is 11.6 Å². The highest BCUT2D eigenvalue weighted by Gasteiger charge is 2.06. The van der Waals surface area contributed by atoms with Crippen LogP contribution in [0.5, 0.6) is 0 Å². The van der Waals surface area contributed by atoms with Gasteiger partial charge in [-0.3, -0.25) is 4.79 Å². The van der Waals surface area contributed by atoms with Gasteiger partial charge in [0.25, 0.3) is 5.56 Å². The van der Waals surface area contributed by atoms with E-state index in [2.05, 4.69) is 26.3 Å². The van der Waals surface area contributed by atoms with E-state index in [0.29, 0.717) is 16.7 Å². The third kappa shape index (κ3) is 2.55. The van der Waals surface area contributed by atoms with Gasteiger partial charge in [0, 0.05) is 19.6 Å². The molecule has 0 aromatic carbocycles. The first-order chi connectivity index (χ1) is 6.52. The number of aryl methyl sites for hydroxylation is 1. The van der Waals surface area contributed by atoms with Gasteiger partial charge in [0.05, 0.1) is 11.9 Å². The minimum atomic E-state index is -0.167. The summed E-state index contributed by atoms with van der Waals surface area (Å²) in [7, 11) is 1.60. The average molecular weight is 261 g/mol. The van der Waals surface area contributed by atoms with Crippen LogP contribution in [0.15, 0.2) is 15.5 Å². The molecule has 0 fully saturated rings. The third-order valence-electron chi connectivity index (χ3n) is 1.69. The Kier molecular flexibility index (Phi) is 3.65. The summed E-state index contributed by atoms with van der Waals surface area (Å²) in [5.41, 5.74) is 6.08. The summed E-state index contributed by atoms with van der Waals surface area (Å²) in [5.74, 6) is 0. The van der Waals surface area contributed by atoms with Gasteiger partial charge in [-0.15, -0.1) is 0 Å². The predicted molar refractivity (Wildman–Crippen MR) is 59.3 cm³/mol. The maximum absolute atomic E-state index is 11.4. The Bertz CT molecular complexity index is 374. The van der Waals surface area contributed by atoms with E-state index in [0.717, 1.165) is 0 Å². The van der Waals surface area contributed by atoms with Crippen molar-refractivity contribution >= 4 is 21.6 Å². The molecule has 0 amide bonds. The Morgan fingerprint density at radius 1 is 1.79 bits per heavy atom. The maximum Gasteiger partial charge on any atom is 0.282 e. The topological polar surface area (TPSA) is 72.9 Å². The summed E-state index contributed by atoms with van der Waals surface area (Å²) in [4.78, 5) is 11.4. The first-order valence-electron chi connectivity index (χ1n) is 4.23. The van der Waals surface area contributed by atoms with Gasteiger partial charge in [-0.05, 0) is 22.9 Å². The van der Waals surface area contributed by atoms with Crippen LogP contribution < -0.4 is 16.6 Å². The molecule has 0 radical (unpaired) electrons. The van der Waals surface area contributed by atoms with Crippen LogP contribution in [0.25, 0.3) is 0 Å². The Balaban J connectivity index is 2.89. The molecule has 14 heavy (non-hydrogen) atoms. The normalized spacial score (nSPS) is 12.6. The van der Waals surface area contributed by atoms with Gasteiger partial charge in [-0.2, -0.15) is 5.10 Å². The second kappa shape index (κ2) is 4.56. The fourth-order valence-corrected chi connectivity index (χ4v) is 1.40. The molecule has 0 aliphatic rings. The monoisotopic (exact) mass is 260 g/mol. The summed E-state index contributed by atoms with van der Waals surface area (Å²) < 4.78 is 1.75. The minimum absolute atomic E-state index is 0.0333. The van der Waals surface area contributed by atoms with Crippen LogP contribution in [-0.2, 0) is 7.05 Å². The van der Waals surface area contributed by atoms with Crippen LogP contribution in [0, 0.1) is 0 Å². The minimum Gasteiger partial charge on any atom is -0.381 e. The van der Waals surface area contributed by atoms with E-state index in [4.69, 9.17) is 5.73 Å². The van der Waals surface area contributed by atoms with Crippen LogP contribution in [0.2, 0.25) is 0 Å². The molecule has 0 spiro atoms. The van der Waals surface area contributed by atoms with Gasteiger partial charge in [0.1, 0.15) is 4.47 Å². The summed E-state index contributed by atoms with van der Waals surface area (Å²) >= 11 is 3.20. The van der Waals surface area contributed by atoms with Crippen molar-refractivity contribution in [2.45, 2.75) is 13.0 Å². The second-order valence-electron chi connectivity index (χ2n) is 3.16. The van der Waals surface area contributed by atoms with Crippen LogP contribution in [0.3, 0.4) is 0 Å². The highest BCUT2D eigenvalue weighted by molar-refractivity contribution is 9.10. The molecular weight excluding hydrogens is 248 g/mol. The molecule has 1 atom stereocenters. The van der Waals surface area contributed by atoms with E-state index in [1.807, 2.05) is 6.92 Å². The zero-order chi connectivity index (χ0) is 10.7. The predicted octanol–water partition coefficient (Wildman–Crippen LogP) is 0.302. The number of aromatic nitrogens is 2. The third-order valence-corrected chi connectivity index (χ3v) is 2.46. The van der Waals surface area contributed by atoms with Crippen molar-refractivity contribution in [3.8, 4) is 0 Å². The van der Waals surface area contributed by atoms with E-state index in [9.17, 15) is 4.79 Å². The Hall–Kier alpha value is -0.880. The first-order valence-corrected chi connectivity index (χ1v) is 5.03. The van der Waals surface area contributed by atoms with E-state index < -0.39 is 0 Å². The number of rotatable bonds is 3. The molecule has 78 valence electrons. The van der Waals surface area contributed by atoms with E-state index >= 15 is 0 Å². The SMILES string of the molecule is CC(N)CNc1cnn(C)c(=O)c1Br. The Morgan fingerprint density at radius 2 is 2.43 bits per heavy atom. The summed E-state index contributed by atoms with van der Waals surface area (Å²) in [5, 5.41) is 6.92. The molecule has 1 aromatic rings. The first kappa shape index (κ1) is 11.2. The lowest BCUT2D eigenvalue weighted by atomic mass is 10.3. The van der Waals surface area contributed by atoms with Gasteiger partial charge < -0.3 is 11.1 Å². The maximum atomic E-state index is 11.4. The average Bonchev–Trinajstić information content (AvgIpc) is 2.13. The number of halogens is 1. The number of nitrogens with two attached hydrogens (primary N) is 1. The summed E-state index contributed by atoms with van der Waals surface area (Å²) in [6.45, 7) is 2.49. The zero-order valence-electron chi connectivity index (χ0n) is 8.12. The van der Waals surface area contributed by atoms with Crippen molar-refractivity contribution in [2.75, 3.05) is 11.9 Å². The molecule has 0 aliphatic carbocycles. The molecule has 1 aromatic heterocycles. The highest BCUT2D eigenvalue weighted by atomic mass is 79.9. The van der Waals surface area contributed by atoms with Crippen LogP contribution in [0.1, 0.15) is 6.92 Å². The van der Waals surface area contributed by atoms with Gasteiger partial charge >= 0.3 is 0 Å². The molecule has 3 N–H and O–H groups in total. The van der Waals surface area contributed by atoms with Crippen molar-refractivity contribution in [3.63, 3.8) is 0 Å². The van der Waals surface area contributed by atoms with E-state index in [1.54, 1.807) is 13.2 Å². The quantitative estimate of drug-likeness (QED) is 0.820. The Labute approximate surface area is 90.4 Å². The lowest BCUT2D eigenvalue weighted by Crippen LogP contribution is -2.27. The second-order valence-corrected chi connectivity index (χ2v) is 3.95. The zero-order valence-corrected chi connectivity index (χ0v) is 9.71. The molecule has 0 aliphatic heterocycles. The highest BCUT2D eigenvalue weighted by Crippen LogP contribution is 2.15. The summed E-state index contributed by atoms with van der Waals surface area (Å²) in [6, 6.07) is 0.0333. The van der Waals surface area contributed by atoms with Crippen LogP contribution in [-0.4, -0.2) is 22.4 Å². The number of nitrogens with one attached hydrogen (secondary N) is 1. The van der Waals surface area contributed by atoms with Crippen molar-refractivity contribution < 1.29 is 0 Å². The molecule has 0 saturated heterocycles. The standard InChI is InChI=1S/C8H13BrN4O/c1-5(10)3-11-6-4-12-13(2)8(14)7(6)9/h4-5,11H,3,10H2,1-2H3. The molecule has 0 bridgehead atoms. The van der Waals surface area contributed by atoms with Gasteiger partial charge in [0.15, 0.2) is 0 Å². The fraction of sp³-hybridized carbons (Fsp3) is 0.500. The number of anilines is 1. The molecule has 5 nitrogen and oxygen atoms in total. The van der Waals surface area contributed by atoms with Gasteiger partial charge in [0.2, 0.25) is 0 Å². The molecule has 6 heteroatoms. The number of hydrogen-bond donors (Lipinski definition) is 2. The fourth-order valence-electron chi connectivity index (χ4n) is 0.905. The lowest BCUT2D eigenvalue weighted by molar-refractivity contribution is 0.701. The van der Waals surface area contributed by atoms with Crippen molar-refractivity contribution in [2.24, 2.45) is 12.8 Å². The number of hydrogen-bond acceptors (Lipinski definition) is 4. The van der Waals surface area contributed by atoms with Crippen LogP contribution >= 0.6 is 15.9 Å². The van der Waals surface area contributed by atoms with Crippen molar-refractivity contribution in [3.05, 3.63) is 21.0 Å². The van der Waals surface area contributed by atoms with E-state index in [1.165, 1.54) is 4.68 Å². The van der Waals surface area contributed by atoms with Gasteiger partial charge in [-0.25, -0.2) is 4.68 Å². The van der Waals surface area contributed by atoms with Crippen molar-refractivity contribution in [1.82, 2.24) is 9.78 Å². The largest absolute Gasteiger partial charge is 0.381 e. The van der Waals surface area contributed by atoms with Crippen LogP contribution in [0.4, 0.5) is 5.69 Å². The summed E-state index contributed by atoms with van der Waals surface area (Å²) in [6.07, 6.45) is 1.59. The lowest BCUT2D eigenvalue weighted by Gasteiger charge is -2.10.